The number of alkyl halides is 3. The van der Waals surface area contributed by atoms with Gasteiger partial charge in [0, 0.05) is 5.56 Å². The van der Waals surface area contributed by atoms with Crippen LogP contribution in [0.25, 0.3) is 0 Å². The van der Waals surface area contributed by atoms with Crippen molar-refractivity contribution < 1.29 is 27.5 Å². The van der Waals surface area contributed by atoms with Gasteiger partial charge >= 0.3 is 6.18 Å². The molecule has 0 aliphatic carbocycles. The van der Waals surface area contributed by atoms with E-state index in [9.17, 15) is 22.8 Å². The average molecular weight is 318 g/mol. The Morgan fingerprint density at radius 2 is 1.81 bits per heavy atom. The van der Waals surface area contributed by atoms with Gasteiger partial charge in [0.25, 0.3) is 11.8 Å². The van der Waals surface area contributed by atoms with Crippen LogP contribution < -0.4 is 10.6 Å². The van der Waals surface area contributed by atoms with Gasteiger partial charge in [0.05, 0.1) is 11.3 Å². The standard InChI is InChI=1S/C12H9F3N2O3S/c13-12(14,15)6-1-2-8(7(3-6)11(16)21)17-9(18)4-20-5-10(17)19/h1-3H,4-5H2,(H2,16,21). The van der Waals surface area contributed by atoms with Crippen LogP contribution >= 0.6 is 12.2 Å². The molecule has 1 aliphatic rings. The summed E-state index contributed by atoms with van der Waals surface area (Å²) in [6.07, 6.45) is -4.59. The van der Waals surface area contributed by atoms with Gasteiger partial charge in [-0.2, -0.15) is 13.2 Å². The number of rotatable bonds is 2. The van der Waals surface area contributed by atoms with E-state index in [1.807, 2.05) is 0 Å². The van der Waals surface area contributed by atoms with Gasteiger partial charge in [-0.15, -0.1) is 0 Å². The molecule has 112 valence electrons. The number of carbonyl (C=O) groups is 2. The van der Waals surface area contributed by atoms with Crippen molar-refractivity contribution in [2.75, 3.05) is 18.1 Å². The molecule has 2 rings (SSSR count). The fraction of sp³-hybridized carbons (Fsp3) is 0.250. The van der Waals surface area contributed by atoms with Crippen LogP contribution in [0.5, 0.6) is 0 Å². The van der Waals surface area contributed by atoms with Crippen LogP contribution in [0, 0.1) is 0 Å². The molecule has 0 radical (unpaired) electrons. The normalized spacial score (nSPS) is 16.2. The SMILES string of the molecule is NC(=S)c1cc(C(F)(F)F)ccc1N1C(=O)COCC1=O. The zero-order valence-corrected chi connectivity index (χ0v) is 11.3. The summed E-state index contributed by atoms with van der Waals surface area (Å²) in [5.74, 6) is -1.38. The third-order valence-electron chi connectivity index (χ3n) is 2.78. The Morgan fingerprint density at radius 1 is 1.24 bits per heavy atom. The number of thiocarbonyl (C=S) groups is 1. The Labute approximate surface area is 122 Å². The number of halogens is 3. The van der Waals surface area contributed by atoms with Crippen molar-refractivity contribution in [3.05, 3.63) is 29.3 Å². The number of ether oxygens (including phenoxy) is 1. The van der Waals surface area contributed by atoms with Crippen molar-refractivity contribution >= 4 is 34.7 Å². The molecule has 0 saturated carbocycles. The predicted octanol–water partition coefficient (Wildman–Crippen LogP) is 1.23. The summed E-state index contributed by atoms with van der Waals surface area (Å²) in [7, 11) is 0. The third-order valence-corrected chi connectivity index (χ3v) is 3.00. The highest BCUT2D eigenvalue weighted by Crippen LogP contribution is 2.33. The van der Waals surface area contributed by atoms with Crippen LogP contribution in [-0.2, 0) is 20.5 Å². The van der Waals surface area contributed by atoms with E-state index in [0.29, 0.717) is 6.07 Å². The fourth-order valence-corrected chi connectivity index (χ4v) is 2.03. The maximum absolute atomic E-state index is 12.7. The second kappa shape index (κ2) is 5.41. The van der Waals surface area contributed by atoms with Crippen LogP contribution in [0.15, 0.2) is 18.2 Å². The Morgan fingerprint density at radius 3 is 2.29 bits per heavy atom. The van der Waals surface area contributed by atoms with Crippen LogP contribution in [0.4, 0.5) is 18.9 Å². The third kappa shape index (κ3) is 3.03. The van der Waals surface area contributed by atoms with Gasteiger partial charge in [-0.1, -0.05) is 12.2 Å². The van der Waals surface area contributed by atoms with E-state index in [-0.39, 0.29) is 29.5 Å². The van der Waals surface area contributed by atoms with Crippen molar-refractivity contribution in [3.8, 4) is 0 Å². The van der Waals surface area contributed by atoms with Gasteiger partial charge in [-0.3, -0.25) is 9.59 Å². The number of benzene rings is 1. The highest BCUT2D eigenvalue weighted by atomic mass is 32.1. The van der Waals surface area contributed by atoms with Crippen molar-refractivity contribution in [1.82, 2.24) is 0 Å². The number of anilines is 1. The van der Waals surface area contributed by atoms with E-state index in [1.54, 1.807) is 0 Å². The van der Waals surface area contributed by atoms with E-state index in [2.05, 4.69) is 0 Å². The predicted molar refractivity (Wildman–Crippen MR) is 70.6 cm³/mol. The molecule has 0 unspecified atom stereocenters. The zero-order valence-electron chi connectivity index (χ0n) is 10.4. The number of hydrogen-bond acceptors (Lipinski definition) is 4. The smallest absolute Gasteiger partial charge is 0.389 e. The fourth-order valence-electron chi connectivity index (χ4n) is 1.87. The Kier molecular flexibility index (Phi) is 3.97. The van der Waals surface area contributed by atoms with Gasteiger partial charge in [0.1, 0.15) is 18.2 Å². The van der Waals surface area contributed by atoms with Crippen LogP contribution in [0.3, 0.4) is 0 Å². The van der Waals surface area contributed by atoms with Crippen molar-refractivity contribution in [2.24, 2.45) is 5.73 Å². The molecule has 1 fully saturated rings. The highest BCUT2D eigenvalue weighted by molar-refractivity contribution is 7.80. The quantitative estimate of drug-likeness (QED) is 0.656. The number of nitrogens with zero attached hydrogens (tertiary/aromatic N) is 1. The summed E-state index contributed by atoms with van der Waals surface area (Å²) in [5, 5.41) is 0. The summed E-state index contributed by atoms with van der Waals surface area (Å²) < 4.78 is 42.9. The minimum atomic E-state index is -4.59. The molecular formula is C12H9F3N2O3S. The minimum absolute atomic E-state index is 0.0752. The molecule has 0 atom stereocenters. The highest BCUT2D eigenvalue weighted by Gasteiger charge is 2.34. The van der Waals surface area contributed by atoms with Crippen LogP contribution in [0.2, 0.25) is 0 Å². The first-order chi connectivity index (χ1) is 9.71. The van der Waals surface area contributed by atoms with Crippen molar-refractivity contribution in [3.63, 3.8) is 0 Å². The van der Waals surface area contributed by atoms with E-state index < -0.39 is 23.6 Å². The Hall–Kier alpha value is -2.00. The number of imide groups is 1. The molecule has 21 heavy (non-hydrogen) atoms. The summed E-state index contributed by atoms with van der Waals surface area (Å²) >= 11 is 4.71. The minimum Gasteiger partial charge on any atom is -0.389 e. The summed E-state index contributed by atoms with van der Waals surface area (Å²) in [5.41, 5.74) is 4.17. The van der Waals surface area contributed by atoms with Gasteiger partial charge < -0.3 is 10.5 Å². The molecule has 0 aromatic heterocycles. The summed E-state index contributed by atoms with van der Waals surface area (Å²) in [6.45, 7) is -0.687. The second-order valence-electron chi connectivity index (χ2n) is 4.21. The summed E-state index contributed by atoms with van der Waals surface area (Å²) in [6, 6.07) is 2.47. The van der Waals surface area contributed by atoms with Gasteiger partial charge in [-0.25, -0.2) is 4.90 Å². The van der Waals surface area contributed by atoms with Crippen LogP contribution in [0.1, 0.15) is 11.1 Å². The van der Waals surface area contributed by atoms with Crippen molar-refractivity contribution in [1.29, 1.82) is 0 Å². The number of amides is 2. The Balaban J connectivity index is 2.55. The molecule has 2 amide bonds. The molecule has 0 bridgehead atoms. The number of hydrogen-bond donors (Lipinski definition) is 1. The molecule has 1 aromatic rings. The average Bonchev–Trinajstić information content (AvgIpc) is 2.37. The molecule has 1 heterocycles. The summed E-state index contributed by atoms with van der Waals surface area (Å²) in [4.78, 5) is 23.9. The number of carbonyl (C=O) groups excluding carboxylic acids is 2. The van der Waals surface area contributed by atoms with E-state index in [0.717, 1.165) is 17.0 Å². The largest absolute Gasteiger partial charge is 0.416 e. The maximum Gasteiger partial charge on any atom is 0.416 e. The van der Waals surface area contributed by atoms with E-state index in [4.69, 9.17) is 22.7 Å². The first-order valence-electron chi connectivity index (χ1n) is 5.66. The topological polar surface area (TPSA) is 72.6 Å². The van der Waals surface area contributed by atoms with Gasteiger partial charge in [0.15, 0.2) is 0 Å². The lowest BCUT2D eigenvalue weighted by atomic mass is 10.1. The Bertz CT molecular complexity index is 615. The molecule has 1 aliphatic heterocycles. The van der Waals surface area contributed by atoms with Crippen LogP contribution in [-0.4, -0.2) is 30.0 Å². The number of morpholine rings is 1. The molecule has 1 saturated heterocycles. The van der Waals surface area contributed by atoms with E-state index >= 15 is 0 Å². The lowest BCUT2D eigenvalue weighted by Gasteiger charge is -2.27. The molecule has 0 spiro atoms. The monoisotopic (exact) mass is 318 g/mol. The lowest BCUT2D eigenvalue weighted by molar-refractivity contribution is -0.138. The first-order valence-corrected chi connectivity index (χ1v) is 6.07. The van der Waals surface area contributed by atoms with Gasteiger partial charge in [0.2, 0.25) is 0 Å². The van der Waals surface area contributed by atoms with Crippen molar-refractivity contribution in [2.45, 2.75) is 6.18 Å². The van der Waals surface area contributed by atoms with Gasteiger partial charge in [-0.05, 0) is 18.2 Å². The molecule has 9 heteroatoms. The lowest BCUT2D eigenvalue weighted by Crippen LogP contribution is -2.47. The number of nitrogens with two attached hydrogens (primary N) is 1. The molecule has 2 N–H and O–H groups in total. The molecule has 5 nitrogen and oxygen atoms in total. The van der Waals surface area contributed by atoms with E-state index in [1.165, 1.54) is 0 Å². The maximum atomic E-state index is 12.7. The zero-order chi connectivity index (χ0) is 15.8. The second-order valence-corrected chi connectivity index (χ2v) is 4.65. The first kappa shape index (κ1) is 15.4. The molecule has 1 aromatic carbocycles. The molecular weight excluding hydrogens is 309 g/mol.